The Morgan fingerprint density at radius 3 is 2.38 bits per heavy atom. The quantitative estimate of drug-likeness (QED) is 0.643. The fourth-order valence-electron chi connectivity index (χ4n) is 1.67. The van der Waals surface area contributed by atoms with Crippen LogP contribution in [-0.4, -0.2) is 18.2 Å². The summed E-state index contributed by atoms with van der Waals surface area (Å²) in [6, 6.07) is 9.89. The number of hydrogen-bond donors (Lipinski definition) is 3. The lowest BCUT2D eigenvalue weighted by atomic mass is 10.3. The highest BCUT2D eigenvalue weighted by Crippen LogP contribution is 2.35. The molecular formula is C14H12Br2N2O3. The van der Waals surface area contributed by atoms with E-state index in [-0.39, 0.29) is 5.75 Å². The lowest BCUT2D eigenvalue weighted by molar-refractivity contribution is 0.262. The van der Waals surface area contributed by atoms with E-state index in [9.17, 15) is 9.90 Å². The molecule has 7 heteroatoms. The van der Waals surface area contributed by atoms with Crippen molar-refractivity contribution in [3.05, 3.63) is 45.3 Å². The zero-order chi connectivity index (χ0) is 15.4. The number of hydrogen-bond acceptors (Lipinski definition) is 3. The van der Waals surface area contributed by atoms with Crippen molar-refractivity contribution >= 4 is 49.3 Å². The number of nitrogens with one attached hydrogen (secondary N) is 2. The number of ether oxygens (including phenoxy) is 1. The third-order valence-corrected chi connectivity index (χ3v) is 3.84. The van der Waals surface area contributed by atoms with Gasteiger partial charge in [0.05, 0.1) is 21.7 Å². The van der Waals surface area contributed by atoms with Gasteiger partial charge in [0.15, 0.2) is 0 Å². The summed E-state index contributed by atoms with van der Waals surface area (Å²) in [5.41, 5.74) is 1.09. The maximum atomic E-state index is 12.0. The molecule has 0 saturated heterocycles. The second-order valence-electron chi connectivity index (χ2n) is 4.07. The number of halogens is 2. The number of anilines is 2. The predicted molar refractivity (Wildman–Crippen MR) is 89.1 cm³/mol. The van der Waals surface area contributed by atoms with E-state index >= 15 is 0 Å². The van der Waals surface area contributed by atoms with E-state index in [2.05, 4.69) is 42.5 Å². The van der Waals surface area contributed by atoms with Gasteiger partial charge in [0.2, 0.25) is 0 Å². The number of aromatic hydroxyl groups is 1. The molecule has 0 bridgehead atoms. The molecule has 0 aliphatic rings. The first-order valence-electron chi connectivity index (χ1n) is 5.90. The molecule has 2 aromatic rings. The zero-order valence-corrected chi connectivity index (χ0v) is 14.2. The van der Waals surface area contributed by atoms with Crippen LogP contribution in [0.1, 0.15) is 0 Å². The zero-order valence-electron chi connectivity index (χ0n) is 11.0. The largest absolute Gasteiger partial charge is 0.506 e. The predicted octanol–water partition coefficient (Wildman–Crippen LogP) is 4.57. The lowest BCUT2D eigenvalue weighted by Gasteiger charge is -2.12. The second-order valence-corrected chi connectivity index (χ2v) is 5.78. The van der Waals surface area contributed by atoms with Crippen LogP contribution >= 0.6 is 31.9 Å². The van der Waals surface area contributed by atoms with Gasteiger partial charge >= 0.3 is 6.03 Å². The van der Waals surface area contributed by atoms with Crippen LogP contribution in [0.3, 0.4) is 0 Å². The summed E-state index contributed by atoms with van der Waals surface area (Å²) in [5, 5.41) is 15.0. The molecule has 0 heterocycles. The highest BCUT2D eigenvalue weighted by atomic mass is 79.9. The molecule has 0 saturated carbocycles. The van der Waals surface area contributed by atoms with Gasteiger partial charge < -0.3 is 20.5 Å². The smallest absolute Gasteiger partial charge is 0.323 e. The van der Waals surface area contributed by atoms with E-state index in [1.807, 2.05) is 6.07 Å². The molecule has 0 aliphatic carbocycles. The van der Waals surface area contributed by atoms with Crippen LogP contribution in [0.5, 0.6) is 11.5 Å². The maximum Gasteiger partial charge on any atom is 0.323 e. The molecule has 5 nitrogen and oxygen atoms in total. The number of amides is 2. The van der Waals surface area contributed by atoms with Gasteiger partial charge in [-0.1, -0.05) is 12.1 Å². The molecule has 0 unspecified atom stereocenters. The van der Waals surface area contributed by atoms with Crippen molar-refractivity contribution < 1.29 is 14.6 Å². The summed E-state index contributed by atoms with van der Waals surface area (Å²) in [4.78, 5) is 12.0. The third kappa shape index (κ3) is 3.89. The van der Waals surface area contributed by atoms with Crippen molar-refractivity contribution in [2.24, 2.45) is 0 Å². The Bertz CT molecular complexity index is 654. The molecule has 2 rings (SSSR count). The van der Waals surface area contributed by atoms with Gasteiger partial charge in [-0.15, -0.1) is 0 Å². The first-order chi connectivity index (χ1) is 10.0. The number of rotatable bonds is 3. The number of phenols is 1. The summed E-state index contributed by atoms with van der Waals surface area (Å²) < 4.78 is 6.11. The Morgan fingerprint density at radius 1 is 1.14 bits per heavy atom. The van der Waals surface area contributed by atoms with Gasteiger partial charge in [0, 0.05) is 5.69 Å². The number of para-hydroxylation sites is 2. The van der Waals surface area contributed by atoms with Gasteiger partial charge in [-0.2, -0.15) is 0 Å². The van der Waals surface area contributed by atoms with Crippen molar-refractivity contribution in [2.75, 3.05) is 17.7 Å². The number of phenolic OH excluding ortho intramolecular Hbond substituents is 1. The highest BCUT2D eigenvalue weighted by molar-refractivity contribution is 9.11. The molecule has 2 amide bonds. The van der Waals surface area contributed by atoms with Crippen LogP contribution in [0.15, 0.2) is 45.3 Å². The van der Waals surface area contributed by atoms with Crippen molar-refractivity contribution in [3.63, 3.8) is 0 Å². The van der Waals surface area contributed by atoms with Crippen molar-refractivity contribution in [2.45, 2.75) is 0 Å². The summed E-state index contributed by atoms with van der Waals surface area (Å²) in [5.74, 6) is 0.645. The fourth-order valence-corrected chi connectivity index (χ4v) is 2.86. The van der Waals surface area contributed by atoms with Crippen LogP contribution in [0.2, 0.25) is 0 Å². The topological polar surface area (TPSA) is 70.6 Å². The number of carbonyl (C=O) groups excluding carboxylic acids is 1. The van der Waals surface area contributed by atoms with Crippen LogP contribution in [-0.2, 0) is 0 Å². The molecule has 0 spiro atoms. The average Bonchev–Trinajstić information content (AvgIpc) is 2.45. The van der Waals surface area contributed by atoms with Crippen LogP contribution in [0.4, 0.5) is 16.2 Å². The Labute approximate surface area is 138 Å². The Balaban J connectivity index is 2.12. The van der Waals surface area contributed by atoms with Crippen molar-refractivity contribution in [3.8, 4) is 11.5 Å². The number of carbonyl (C=O) groups is 1. The summed E-state index contributed by atoms with van der Waals surface area (Å²) in [6.45, 7) is 0. The SMILES string of the molecule is COc1ccccc1NC(=O)Nc1cc(Br)c(O)c(Br)c1. The molecule has 0 fully saturated rings. The van der Waals surface area contributed by atoms with Crippen molar-refractivity contribution in [1.82, 2.24) is 0 Å². The van der Waals surface area contributed by atoms with Gasteiger partial charge in [-0.25, -0.2) is 4.79 Å². The normalized spacial score (nSPS) is 10.0. The van der Waals surface area contributed by atoms with E-state index in [1.165, 1.54) is 7.11 Å². The van der Waals surface area contributed by atoms with Crippen LogP contribution < -0.4 is 15.4 Å². The molecule has 110 valence electrons. The van der Waals surface area contributed by atoms with Gasteiger partial charge in [0.1, 0.15) is 11.5 Å². The minimum Gasteiger partial charge on any atom is -0.506 e. The highest BCUT2D eigenvalue weighted by Gasteiger charge is 2.10. The minimum atomic E-state index is -0.413. The molecule has 0 aromatic heterocycles. The number of benzene rings is 2. The van der Waals surface area contributed by atoms with Gasteiger partial charge in [0.25, 0.3) is 0 Å². The molecule has 0 aliphatic heterocycles. The fraction of sp³-hybridized carbons (Fsp3) is 0.0714. The van der Waals surface area contributed by atoms with Crippen LogP contribution in [0, 0.1) is 0 Å². The second kappa shape index (κ2) is 6.82. The lowest BCUT2D eigenvalue weighted by Crippen LogP contribution is -2.19. The van der Waals surface area contributed by atoms with E-state index in [0.717, 1.165) is 0 Å². The number of methoxy groups -OCH3 is 1. The van der Waals surface area contributed by atoms with E-state index in [1.54, 1.807) is 30.3 Å². The summed E-state index contributed by atoms with van der Waals surface area (Å²) in [6.07, 6.45) is 0. The first-order valence-corrected chi connectivity index (χ1v) is 7.49. The maximum absolute atomic E-state index is 12.0. The molecular weight excluding hydrogens is 404 g/mol. The minimum absolute atomic E-state index is 0.0747. The Morgan fingerprint density at radius 2 is 1.76 bits per heavy atom. The van der Waals surface area contributed by atoms with Gasteiger partial charge in [-0.05, 0) is 56.1 Å². The van der Waals surface area contributed by atoms with E-state index in [4.69, 9.17) is 4.74 Å². The summed E-state index contributed by atoms with van der Waals surface area (Å²) >= 11 is 6.41. The summed E-state index contributed by atoms with van der Waals surface area (Å²) in [7, 11) is 1.53. The van der Waals surface area contributed by atoms with E-state index < -0.39 is 6.03 Å². The van der Waals surface area contributed by atoms with Crippen molar-refractivity contribution in [1.29, 1.82) is 0 Å². The Kier molecular flexibility index (Phi) is 5.08. The van der Waals surface area contributed by atoms with Crippen LogP contribution in [0.25, 0.3) is 0 Å². The molecule has 0 radical (unpaired) electrons. The molecule has 3 N–H and O–H groups in total. The monoisotopic (exact) mass is 414 g/mol. The molecule has 2 aromatic carbocycles. The first kappa shape index (κ1) is 15.7. The van der Waals surface area contributed by atoms with E-state index in [0.29, 0.717) is 26.1 Å². The third-order valence-electron chi connectivity index (χ3n) is 2.63. The number of urea groups is 1. The Hall–Kier alpha value is -1.73. The molecule has 0 atom stereocenters. The average molecular weight is 416 g/mol. The van der Waals surface area contributed by atoms with Gasteiger partial charge in [-0.3, -0.25) is 0 Å². The standard InChI is InChI=1S/C14H12Br2N2O3/c1-21-12-5-3-2-4-11(12)18-14(20)17-8-6-9(15)13(19)10(16)7-8/h2-7,19H,1H3,(H2,17,18,20). The molecule has 21 heavy (non-hydrogen) atoms.